The van der Waals surface area contributed by atoms with Crippen LogP contribution in [0.2, 0.25) is 0 Å². The van der Waals surface area contributed by atoms with Crippen LogP contribution in [0.1, 0.15) is 32.3 Å². The Bertz CT molecular complexity index is 1480. The Morgan fingerprint density at radius 3 is 2.36 bits per heavy atom. The molecule has 39 heavy (non-hydrogen) atoms. The van der Waals surface area contributed by atoms with Gasteiger partial charge in [0, 0.05) is 18.2 Å². The number of alkyl halides is 3. The molecule has 0 bridgehead atoms. The number of carbonyl (C=O) groups excluding carboxylic acids is 2. The molecule has 1 aromatic heterocycles. The van der Waals surface area contributed by atoms with Crippen molar-refractivity contribution >= 4 is 40.3 Å². The van der Waals surface area contributed by atoms with Gasteiger partial charge < -0.3 is 20.4 Å². The zero-order valence-corrected chi connectivity index (χ0v) is 20.9. The van der Waals surface area contributed by atoms with Gasteiger partial charge in [-0.1, -0.05) is 13.8 Å². The fourth-order valence-corrected chi connectivity index (χ4v) is 3.55. The Morgan fingerprint density at radius 1 is 0.949 bits per heavy atom. The molecule has 4 aromatic rings. The number of ether oxygens (including phenoxy) is 1. The third-order valence-corrected chi connectivity index (χ3v) is 5.55. The van der Waals surface area contributed by atoms with Gasteiger partial charge >= 0.3 is 12.2 Å². The number of amides is 3. The molecule has 0 spiro atoms. The number of aromatic amines is 1. The first-order chi connectivity index (χ1) is 18.5. The highest BCUT2D eigenvalue weighted by molar-refractivity contribution is 6.00. The lowest BCUT2D eigenvalue weighted by Gasteiger charge is -2.12. The number of imidazole rings is 1. The molecule has 0 saturated heterocycles. The summed E-state index contributed by atoms with van der Waals surface area (Å²) in [5.41, 5.74) is -0.0896. The number of aromatic nitrogens is 2. The SMILES string of the molecule is CC(C)CCC(=O)Nc1nc2ccc(Oc3ccc(NC(=O)Nc4cc(C(F)(F)F)ccc4F)cc3)cc2[nH]1. The third-order valence-electron chi connectivity index (χ3n) is 5.55. The molecule has 3 aromatic carbocycles. The number of nitrogens with zero attached hydrogens (tertiary/aromatic N) is 1. The zero-order valence-electron chi connectivity index (χ0n) is 20.9. The maximum atomic E-state index is 13.9. The number of H-pyrrole nitrogens is 1. The molecule has 4 rings (SSSR count). The number of benzene rings is 3. The van der Waals surface area contributed by atoms with Gasteiger partial charge in [-0.3, -0.25) is 10.1 Å². The van der Waals surface area contributed by atoms with Crippen molar-refractivity contribution in [2.75, 3.05) is 16.0 Å². The molecule has 0 aliphatic rings. The summed E-state index contributed by atoms with van der Waals surface area (Å²) in [5.74, 6) is 0.559. The summed E-state index contributed by atoms with van der Waals surface area (Å²) >= 11 is 0. The molecule has 204 valence electrons. The molecule has 0 atom stereocenters. The van der Waals surface area contributed by atoms with E-state index in [0.29, 0.717) is 64.7 Å². The molecule has 3 amide bonds. The quantitative estimate of drug-likeness (QED) is 0.172. The monoisotopic (exact) mass is 543 g/mol. The number of rotatable bonds is 8. The average Bonchev–Trinajstić information content (AvgIpc) is 3.26. The van der Waals surface area contributed by atoms with E-state index in [-0.39, 0.29) is 5.91 Å². The minimum absolute atomic E-state index is 0.124. The highest BCUT2D eigenvalue weighted by Gasteiger charge is 2.31. The second-order valence-electron chi connectivity index (χ2n) is 9.14. The summed E-state index contributed by atoms with van der Waals surface area (Å²) in [6, 6.07) is 12.1. The lowest BCUT2D eigenvalue weighted by molar-refractivity contribution is -0.137. The minimum Gasteiger partial charge on any atom is -0.457 e. The summed E-state index contributed by atoms with van der Waals surface area (Å²) in [4.78, 5) is 31.7. The van der Waals surface area contributed by atoms with Crippen molar-refractivity contribution in [1.29, 1.82) is 0 Å². The molecule has 0 unspecified atom stereocenters. The first kappa shape index (κ1) is 27.4. The van der Waals surface area contributed by atoms with Gasteiger partial charge in [-0.15, -0.1) is 0 Å². The Labute approximate surface area is 220 Å². The average molecular weight is 544 g/mol. The van der Waals surface area contributed by atoms with Gasteiger partial charge in [0.2, 0.25) is 11.9 Å². The number of fused-ring (bicyclic) bond motifs is 1. The van der Waals surface area contributed by atoms with Crippen LogP contribution in [-0.2, 0) is 11.0 Å². The number of carbonyl (C=O) groups is 2. The van der Waals surface area contributed by atoms with Gasteiger partial charge in [0.05, 0.1) is 22.3 Å². The molecule has 12 heteroatoms. The van der Waals surface area contributed by atoms with Crippen molar-refractivity contribution < 1.29 is 31.9 Å². The lowest BCUT2D eigenvalue weighted by atomic mass is 10.1. The van der Waals surface area contributed by atoms with Gasteiger partial charge in [-0.05, 0) is 66.9 Å². The standard InChI is InChI=1S/C27H25F4N5O3/c1-15(2)3-12-24(37)36-25-33-21-11-9-19(14-23(21)34-25)39-18-7-5-17(6-8-18)32-26(38)35-22-13-16(27(29,30)31)4-10-20(22)28/h4-11,13-15H,3,12H2,1-2H3,(H2,32,35,38)(H2,33,34,36,37). The van der Waals surface area contributed by atoms with Crippen molar-refractivity contribution in [2.45, 2.75) is 32.9 Å². The van der Waals surface area contributed by atoms with Crippen molar-refractivity contribution in [1.82, 2.24) is 9.97 Å². The van der Waals surface area contributed by atoms with Crippen LogP contribution < -0.4 is 20.7 Å². The Balaban J connectivity index is 1.35. The van der Waals surface area contributed by atoms with Gasteiger partial charge in [0.25, 0.3) is 0 Å². The predicted octanol–water partition coefficient (Wildman–Crippen LogP) is 7.53. The molecular formula is C27H25F4N5O3. The van der Waals surface area contributed by atoms with Crippen molar-refractivity contribution in [3.05, 3.63) is 72.0 Å². The van der Waals surface area contributed by atoms with Gasteiger partial charge in [-0.25, -0.2) is 14.2 Å². The maximum Gasteiger partial charge on any atom is 0.416 e. The molecular weight excluding hydrogens is 518 g/mol. The van der Waals surface area contributed by atoms with Crippen LogP contribution in [0, 0.1) is 11.7 Å². The Hall–Kier alpha value is -4.61. The van der Waals surface area contributed by atoms with E-state index in [9.17, 15) is 27.2 Å². The summed E-state index contributed by atoms with van der Waals surface area (Å²) in [5, 5.41) is 7.25. The van der Waals surface area contributed by atoms with E-state index in [1.807, 2.05) is 13.8 Å². The van der Waals surface area contributed by atoms with Crippen molar-refractivity contribution in [3.8, 4) is 11.5 Å². The number of hydrogen-bond acceptors (Lipinski definition) is 4. The first-order valence-electron chi connectivity index (χ1n) is 12.0. The predicted molar refractivity (Wildman–Crippen MR) is 139 cm³/mol. The van der Waals surface area contributed by atoms with Crippen LogP contribution in [0.5, 0.6) is 11.5 Å². The number of halogens is 4. The van der Waals surface area contributed by atoms with Crippen LogP contribution in [-0.4, -0.2) is 21.9 Å². The van der Waals surface area contributed by atoms with Crippen LogP contribution in [0.15, 0.2) is 60.7 Å². The summed E-state index contributed by atoms with van der Waals surface area (Å²) in [7, 11) is 0. The summed E-state index contributed by atoms with van der Waals surface area (Å²) in [6.07, 6.45) is -3.50. The smallest absolute Gasteiger partial charge is 0.416 e. The van der Waals surface area contributed by atoms with Gasteiger partial charge in [0.15, 0.2) is 0 Å². The fraction of sp³-hybridized carbons (Fsp3) is 0.222. The number of nitrogens with one attached hydrogen (secondary N) is 4. The molecule has 0 fully saturated rings. The normalized spacial score (nSPS) is 11.5. The van der Waals surface area contributed by atoms with Crippen LogP contribution in [0.4, 0.5) is 39.7 Å². The third kappa shape index (κ3) is 7.46. The highest BCUT2D eigenvalue weighted by atomic mass is 19.4. The van der Waals surface area contributed by atoms with Crippen molar-refractivity contribution in [2.24, 2.45) is 5.92 Å². The Morgan fingerprint density at radius 2 is 1.67 bits per heavy atom. The molecule has 0 radical (unpaired) electrons. The number of hydrogen-bond donors (Lipinski definition) is 4. The molecule has 0 aliphatic carbocycles. The second kappa shape index (κ2) is 11.4. The van der Waals surface area contributed by atoms with E-state index in [2.05, 4.69) is 25.9 Å². The highest BCUT2D eigenvalue weighted by Crippen LogP contribution is 2.32. The lowest BCUT2D eigenvalue weighted by Crippen LogP contribution is -2.20. The van der Waals surface area contributed by atoms with E-state index in [1.54, 1.807) is 30.3 Å². The topological polar surface area (TPSA) is 108 Å². The van der Waals surface area contributed by atoms with E-state index >= 15 is 0 Å². The van der Waals surface area contributed by atoms with Crippen LogP contribution in [0.3, 0.4) is 0 Å². The molecule has 1 heterocycles. The van der Waals surface area contributed by atoms with Gasteiger partial charge in [-0.2, -0.15) is 13.2 Å². The fourth-order valence-electron chi connectivity index (χ4n) is 3.55. The minimum atomic E-state index is -4.68. The van der Waals surface area contributed by atoms with Gasteiger partial charge in [0.1, 0.15) is 17.3 Å². The molecule has 8 nitrogen and oxygen atoms in total. The molecule has 0 aliphatic heterocycles. The number of anilines is 3. The van der Waals surface area contributed by atoms with E-state index in [0.717, 1.165) is 6.42 Å². The summed E-state index contributed by atoms with van der Waals surface area (Å²) in [6.45, 7) is 4.09. The molecule has 0 saturated carbocycles. The first-order valence-corrected chi connectivity index (χ1v) is 12.0. The second-order valence-corrected chi connectivity index (χ2v) is 9.14. The Kier molecular flexibility index (Phi) is 8.03. The summed E-state index contributed by atoms with van der Waals surface area (Å²) < 4.78 is 58.3. The van der Waals surface area contributed by atoms with Crippen molar-refractivity contribution in [3.63, 3.8) is 0 Å². The van der Waals surface area contributed by atoms with E-state index < -0.39 is 29.3 Å². The largest absolute Gasteiger partial charge is 0.457 e. The molecule has 4 N–H and O–H groups in total. The van der Waals surface area contributed by atoms with Crippen LogP contribution in [0.25, 0.3) is 11.0 Å². The zero-order chi connectivity index (χ0) is 28.2. The maximum absolute atomic E-state index is 13.9. The van der Waals surface area contributed by atoms with E-state index in [4.69, 9.17) is 4.74 Å². The number of urea groups is 1. The van der Waals surface area contributed by atoms with Crippen LogP contribution >= 0.6 is 0 Å². The van der Waals surface area contributed by atoms with E-state index in [1.165, 1.54) is 12.1 Å².